The number of aryl methyl sites for hydroxylation is 1. The molecule has 0 amide bonds. The van der Waals surface area contributed by atoms with Crippen LogP contribution in [0.15, 0.2) is 40.8 Å². The van der Waals surface area contributed by atoms with Crippen LogP contribution in [0, 0.1) is 6.92 Å². The average Bonchev–Trinajstić information content (AvgIpc) is 2.89. The first-order chi connectivity index (χ1) is 9.60. The zero-order chi connectivity index (χ0) is 14.5. The highest BCUT2D eigenvalue weighted by Crippen LogP contribution is 2.14. The summed E-state index contributed by atoms with van der Waals surface area (Å²) in [6, 6.07) is 11.7. The van der Waals surface area contributed by atoms with Crippen LogP contribution in [-0.2, 0) is 17.8 Å². The van der Waals surface area contributed by atoms with Crippen LogP contribution in [0.1, 0.15) is 27.4 Å². The molecular weight excluding hydrogens is 254 g/mol. The number of esters is 1. The molecule has 1 heterocycles. The Bertz CT molecular complexity index is 589. The molecule has 0 unspecified atom stereocenters. The SMILES string of the molecule is COC(=O)c1ccc(CN(C)Cc2ccccc2C)o1. The minimum atomic E-state index is -0.446. The molecule has 0 N–H and O–H groups in total. The third-order valence-corrected chi connectivity index (χ3v) is 3.18. The fourth-order valence-electron chi connectivity index (χ4n) is 2.07. The molecule has 1 aromatic carbocycles. The molecule has 0 spiro atoms. The van der Waals surface area contributed by atoms with E-state index in [1.54, 1.807) is 12.1 Å². The van der Waals surface area contributed by atoms with E-state index in [-0.39, 0.29) is 5.76 Å². The molecule has 0 aliphatic rings. The van der Waals surface area contributed by atoms with Crippen molar-refractivity contribution in [2.45, 2.75) is 20.0 Å². The normalized spacial score (nSPS) is 10.8. The largest absolute Gasteiger partial charge is 0.463 e. The zero-order valence-corrected chi connectivity index (χ0v) is 12.1. The summed E-state index contributed by atoms with van der Waals surface area (Å²) in [6.45, 7) is 3.58. The zero-order valence-electron chi connectivity index (χ0n) is 12.1. The van der Waals surface area contributed by atoms with E-state index in [1.165, 1.54) is 18.2 Å². The lowest BCUT2D eigenvalue weighted by molar-refractivity contribution is 0.0561. The summed E-state index contributed by atoms with van der Waals surface area (Å²) in [7, 11) is 3.36. The average molecular weight is 273 g/mol. The quantitative estimate of drug-likeness (QED) is 0.785. The standard InChI is InChI=1S/C16H19NO3/c1-12-6-4-5-7-13(12)10-17(2)11-14-8-9-15(20-14)16(18)19-3/h4-9H,10-11H2,1-3H3. The Kier molecular flexibility index (Phi) is 4.58. The Labute approximate surface area is 119 Å². The number of nitrogens with zero attached hydrogens (tertiary/aromatic N) is 1. The van der Waals surface area contributed by atoms with E-state index in [0.717, 1.165) is 12.3 Å². The van der Waals surface area contributed by atoms with E-state index in [4.69, 9.17) is 4.42 Å². The van der Waals surface area contributed by atoms with Crippen molar-refractivity contribution in [2.75, 3.05) is 14.2 Å². The number of benzene rings is 1. The minimum absolute atomic E-state index is 0.242. The number of hydrogen-bond acceptors (Lipinski definition) is 4. The van der Waals surface area contributed by atoms with Crippen LogP contribution in [0.2, 0.25) is 0 Å². The summed E-state index contributed by atoms with van der Waals surface area (Å²) in [4.78, 5) is 13.5. The van der Waals surface area contributed by atoms with Crippen molar-refractivity contribution in [2.24, 2.45) is 0 Å². The van der Waals surface area contributed by atoms with Gasteiger partial charge in [-0.3, -0.25) is 4.90 Å². The Morgan fingerprint density at radius 2 is 1.95 bits per heavy atom. The lowest BCUT2D eigenvalue weighted by atomic mass is 10.1. The second-order valence-electron chi connectivity index (χ2n) is 4.86. The van der Waals surface area contributed by atoms with Crippen LogP contribution >= 0.6 is 0 Å². The van der Waals surface area contributed by atoms with Crippen molar-refractivity contribution in [3.8, 4) is 0 Å². The van der Waals surface area contributed by atoms with Crippen molar-refractivity contribution in [1.82, 2.24) is 4.90 Å². The monoisotopic (exact) mass is 273 g/mol. The summed E-state index contributed by atoms with van der Waals surface area (Å²) in [5, 5.41) is 0. The van der Waals surface area contributed by atoms with Gasteiger partial charge in [-0.15, -0.1) is 0 Å². The third kappa shape index (κ3) is 3.48. The number of rotatable bonds is 5. The molecule has 0 radical (unpaired) electrons. The first kappa shape index (κ1) is 14.3. The van der Waals surface area contributed by atoms with Crippen LogP contribution in [0.4, 0.5) is 0 Å². The first-order valence-electron chi connectivity index (χ1n) is 6.50. The van der Waals surface area contributed by atoms with Crippen molar-refractivity contribution in [3.63, 3.8) is 0 Å². The topological polar surface area (TPSA) is 42.7 Å². The number of ether oxygens (including phenoxy) is 1. The van der Waals surface area contributed by atoms with Gasteiger partial charge in [-0.2, -0.15) is 0 Å². The molecule has 4 nitrogen and oxygen atoms in total. The molecule has 0 aliphatic heterocycles. The van der Waals surface area contributed by atoms with E-state index in [9.17, 15) is 4.79 Å². The van der Waals surface area contributed by atoms with E-state index in [2.05, 4.69) is 28.7 Å². The predicted octanol–water partition coefficient (Wildman–Crippen LogP) is 3.01. The number of furan rings is 1. The summed E-state index contributed by atoms with van der Waals surface area (Å²) in [6.07, 6.45) is 0. The van der Waals surface area contributed by atoms with Gasteiger partial charge in [0.1, 0.15) is 5.76 Å². The molecule has 2 aromatic rings. The second-order valence-corrected chi connectivity index (χ2v) is 4.86. The van der Waals surface area contributed by atoms with Crippen molar-refractivity contribution in [1.29, 1.82) is 0 Å². The molecular formula is C16H19NO3. The second kappa shape index (κ2) is 6.39. The molecule has 0 atom stereocenters. The van der Waals surface area contributed by atoms with Gasteiger partial charge in [0.2, 0.25) is 5.76 Å². The van der Waals surface area contributed by atoms with Gasteiger partial charge in [-0.1, -0.05) is 24.3 Å². The Balaban J connectivity index is 1.98. The first-order valence-corrected chi connectivity index (χ1v) is 6.50. The van der Waals surface area contributed by atoms with Crippen LogP contribution in [-0.4, -0.2) is 25.0 Å². The molecule has 4 heteroatoms. The Morgan fingerprint density at radius 1 is 1.20 bits per heavy atom. The van der Waals surface area contributed by atoms with Gasteiger partial charge < -0.3 is 9.15 Å². The van der Waals surface area contributed by atoms with Gasteiger partial charge in [-0.05, 0) is 37.2 Å². The molecule has 0 fully saturated rings. The number of carbonyl (C=O) groups excluding carboxylic acids is 1. The highest BCUT2D eigenvalue weighted by molar-refractivity contribution is 5.86. The van der Waals surface area contributed by atoms with E-state index in [1.807, 2.05) is 19.2 Å². The number of hydrogen-bond donors (Lipinski definition) is 0. The van der Waals surface area contributed by atoms with Gasteiger partial charge >= 0.3 is 5.97 Å². The van der Waals surface area contributed by atoms with Crippen LogP contribution < -0.4 is 0 Å². The summed E-state index contributed by atoms with van der Waals surface area (Å²) < 4.78 is 10.1. The molecule has 0 saturated carbocycles. The predicted molar refractivity (Wildman–Crippen MR) is 76.4 cm³/mol. The summed E-state index contributed by atoms with van der Waals surface area (Å²) >= 11 is 0. The minimum Gasteiger partial charge on any atom is -0.463 e. The molecule has 0 saturated heterocycles. The van der Waals surface area contributed by atoms with Crippen molar-refractivity contribution >= 4 is 5.97 Å². The molecule has 0 bridgehead atoms. The van der Waals surface area contributed by atoms with Crippen LogP contribution in [0.25, 0.3) is 0 Å². The van der Waals surface area contributed by atoms with Gasteiger partial charge in [0, 0.05) is 6.54 Å². The molecule has 1 aromatic heterocycles. The van der Waals surface area contributed by atoms with E-state index >= 15 is 0 Å². The van der Waals surface area contributed by atoms with E-state index < -0.39 is 5.97 Å². The molecule has 20 heavy (non-hydrogen) atoms. The van der Waals surface area contributed by atoms with Crippen molar-refractivity contribution in [3.05, 3.63) is 59.0 Å². The van der Waals surface area contributed by atoms with Crippen molar-refractivity contribution < 1.29 is 13.9 Å². The van der Waals surface area contributed by atoms with Crippen LogP contribution in [0.5, 0.6) is 0 Å². The third-order valence-electron chi connectivity index (χ3n) is 3.18. The van der Waals surface area contributed by atoms with Gasteiger partial charge in [0.05, 0.1) is 13.7 Å². The van der Waals surface area contributed by atoms with E-state index in [0.29, 0.717) is 6.54 Å². The lowest BCUT2D eigenvalue weighted by Crippen LogP contribution is -2.17. The maximum absolute atomic E-state index is 11.3. The fourth-order valence-corrected chi connectivity index (χ4v) is 2.07. The maximum atomic E-state index is 11.3. The highest BCUT2D eigenvalue weighted by Gasteiger charge is 2.12. The Hall–Kier alpha value is -2.07. The van der Waals surface area contributed by atoms with Gasteiger partial charge in [-0.25, -0.2) is 4.79 Å². The molecule has 106 valence electrons. The highest BCUT2D eigenvalue weighted by atomic mass is 16.5. The maximum Gasteiger partial charge on any atom is 0.373 e. The van der Waals surface area contributed by atoms with Gasteiger partial charge in [0.15, 0.2) is 0 Å². The fraction of sp³-hybridized carbons (Fsp3) is 0.312. The smallest absolute Gasteiger partial charge is 0.373 e. The summed E-state index contributed by atoms with van der Waals surface area (Å²) in [5.41, 5.74) is 2.56. The molecule has 2 rings (SSSR count). The Morgan fingerprint density at radius 3 is 2.65 bits per heavy atom. The number of carbonyl (C=O) groups is 1. The van der Waals surface area contributed by atoms with Gasteiger partial charge in [0.25, 0.3) is 0 Å². The summed E-state index contributed by atoms with van der Waals surface area (Å²) in [5.74, 6) is 0.547. The molecule has 0 aliphatic carbocycles. The number of methoxy groups -OCH3 is 1. The lowest BCUT2D eigenvalue weighted by Gasteiger charge is -2.16. The van der Waals surface area contributed by atoms with Crippen LogP contribution in [0.3, 0.4) is 0 Å².